The van der Waals surface area contributed by atoms with E-state index < -0.39 is 57.3 Å². The molecule has 1 spiro atoms. The number of ketones is 2. The normalized spacial score (nSPS) is 31.8. The zero-order valence-electron chi connectivity index (χ0n) is 29.2. The van der Waals surface area contributed by atoms with Crippen molar-refractivity contribution >= 4 is 24.1 Å². The van der Waals surface area contributed by atoms with Crippen LogP contribution in [0.15, 0.2) is 41.7 Å². The third-order valence-corrected chi connectivity index (χ3v) is 10.7. The number of aliphatic hydroxyl groups is 3. The zero-order chi connectivity index (χ0) is 36.1. The molecule has 4 bridgehead atoms. The van der Waals surface area contributed by atoms with Crippen LogP contribution in [0.5, 0.6) is 17.2 Å². The summed E-state index contributed by atoms with van der Waals surface area (Å²) in [7, 11) is 0. The second-order valence-corrected chi connectivity index (χ2v) is 15.9. The summed E-state index contributed by atoms with van der Waals surface area (Å²) in [6, 6.07) is 0. The van der Waals surface area contributed by atoms with E-state index in [4.69, 9.17) is 18.9 Å². The molecule has 1 saturated carbocycles. The summed E-state index contributed by atoms with van der Waals surface area (Å²) in [5.41, 5.74) is -7.34. The molecule has 4 N–H and O–H groups in total. The Bertz CT molecular complexity index is 1750. The summed E-state index contributed by atoms with van der Waals surface area (Å²) in [4.78, 5) is 40.2. The van der Waals surface area contributed by atoms with Crippen LogP contribution in [0.3, 0.4) is 0 Å². The lowest BCUT2D eigenvalue weighted by molar-refractivity contribution is -0.171. The molecule has 6 atom stereocenters. The minimum Gasteiger partial charge on any atom is -0.506 e. The van der Waals surface area contributed by atoms with Crippen molar-refractivity contribution in [3.8, 4) is 17.2 Å². The summed E-state index contributed by atoms with van der Waals surface area (Å²) < 4.78 is 25.4. The molecule has 11 nitrogen and oxygen atoms in total. The SMILES string of the molecule is CC(=CCC12OC(C)(C)C3C[C@@H](C=C4C(=O)c5c(O)c6c(c(CC(O)C(C)(C)O)c5O[C@]431)O[C@](C)(CC=CC(C)(C)O)C=C6)C2=O)OC=O. The second-order valence-electron chi connectivity index (χ2n) is 15.9. The molecule has 6 aliphatic rings. The molecule has 49 heavy (non-hydrogen) atoms. The van der Waals surface area contributed by atoms with Crippen molar-refractivity contribution in [2.24, 2.45) is 11.8 Å². The van der Waals surface area contributed by atoms with Gasteiger partial charge >= 0.3 is 0 Å². The maximum absolute atomic E-state index is 14.8. The molecule has 3 unspecified atom stereocenters. The number of phenols is 1. The lowest BCUT2D eigenvalue weighted by Crippen LogP contribution is -2.72. The molecule has 3 aliphatic heterocycles. The van der Waals surface area contributed by atoms with Crippen LogP contribution in [0, 0.1) is 11.8 Å². The third-order valence-electron chi connectivity index (χ3n) is 10.7. The summed E-state index contributed by atoms with van der Waals surface area (Å²) >= 11 is 0. The van der Waals surface area contributed by atoms with Crippen LogP contribution >= 0.6 is 0 Å². The molecular weight excluding hydrogens is 632 g/mol. The number of carbonyl (C=O) groups is 3. The van der Waals surface area contributed by atoms with E-state index in [1.807, 2.05) is 20.8 Å². The third kappa shape index (κ3) is 5.28. The Morgan fingerprint density at radius 2 is 1.80 bits per heavy atom. The lowest BCUT2D eigenvalue weighted by Gasteiger charge is -2.56. The predicted molar refractivity (Wildman–Crippen MR) is 178 cm³/mol. The van der Waals surface area contributed by atoms with Gasteiger partial charge in [-0.2, -0.15) is 0 Å². The maximum atomic E-state index is 14.8. The highest BCUT2D eigenvalue weighted by Gasteiger charge is 2.81. The van der Waals surface area contributed by atoms with E-state index in [2.05, 4.69) is 0 Å². The fourth-order valence-electron chi connectivity index (χ4n) is 8.25. The zero-order valence-corrected chi connectivity index (χ0v) is 29.2. The van der Waals surface area contributed by atoms with Crippen LogP contribution in [0.2, 0.25) is 0 Å². The molecule has 264 valence electrons. The molecule has 3 heterocycles. The van der Waals surface area contributed by atoms with Gasteiger partial charge in [0.25, 0.3) is 6.47 Å². The number of rotatable bonds is 10. The molecule has 0 aromatic heterocycles. The molecule has 0 radical (unpaired) electrons. The minimum atomic E-state index is -1.69. The Labute approximate surface area is 285 Å². The molecule has 1 saturated heterocycles. The van der Waals surface area contributed by atoms with Gasteiger partial charge in [0.1, 0.15) is 34.2 Å². The molecule has 11 heteroatoms. The van der Waals surface area contributed by atoms with Crippen molar-refractivity contribution in [1.82, 2.24) is 0 Å². The smallest absolute Gasteiger partial charge is 0.298 e. The Balaban J connectivity index is 1.59. The molecule has 1 aromatic rings. The van der Waals surface area contributed by atoms with E-state index in [-0.39, 0.29) is 70.4 Å². The Morgan fingerprint density at radius 3 is 2.43 bits per heavy atom. The van der Waals surface area contributed by atoms with Gasteiger partial charge in [-0.25, -0.2) is 0 Å². The standard InChI is InChI=1S/C38H46O11/c1-20(46-19-39)10-15-37-32(43)21-16-24-29(42)27-28(41)22-11-14-36(8,13-9-12-33(2,3)44)47-30(22)23(18-26(40)34(4,5)45)31(27)48-38(24,37)25(17-21)35(6,7)49-37/h9-12,14,16,19,21,25-26,40-41,44-45H,13,15,17-18H2,1-8H3/t21-,25?,26?,36-,37?,38-/m1/s1. The number of Topliss-reactive ketones (excluding diaryl/α,β-unsaturated/α-hetero) is 2. The van der Waals surface area contributed by atoms with Crippen LogP contribution in [-0.2, 0) is 25.5 Å². The lowest BCUT2D eigenvalue weighted by atomic mass is 9.51. The molecule has 7 rings (SSSR count). The summed E-state index contributed by atoms with van der Waals surface area (Å²) in [5, 5.41) is 44.2. The molecule has 2 fully saturated rings. The number of ether oxygens (including phenoxy) is 4. The Hall–Kier alpha value is -3.77. The first kappa shape index (κ1) is 35.1. The van der Waals surface area contributed by atoms with Crippen LogP contribution in [0.25, 0.3) is 6.08 Å². The number of allylic oxidation sites excluding steroid dienone is 2. The molecule has 1 aromatic carbocycles. The summed E-state index contributed by atoms with van der Waals surface area (Å²) in [6.07, 6.45) is 9.08. The van der Waals surface area contributed by atoms with Gasteiger partial charge in [0.05, 0.1) is 28.5 Å². The van der Waals surface area contributed by atoms with E-state index in [1.54, 1.807) is 57.2 Å². The van der Waals surface area contributed by atoms with E-state index in [0.29, 0.717) is 12.8 Å². The average molecular weight is 679 g/mol. The number of fused-ring (bicyclic) bond motifs is 2. The maximum Gasteiger partial charge on any atom is 0.298 e. The molecule has 0 amide bonds. The monoisotopic (exact) mass is 678 g/mol. The van der Waals surface area contributed by atoms with E-state index >= 15 is 0 Å². The second kappa shape index (κ2) is 11.1. The van der Waals surface area contributed by atoms with Gasteiger partial charge < -0.3 is 39.4 Å². The fourth-order valence-corrected chi connectivity index (χ4v) is 8.25. The van der Waals surface area contributed by atoms with Crippen LogP contribution in [0.1, 0.15) is 96.1 Å². The highest BCUT2D eigenvalue weighted by atomic mass is 16.6. The number of phenolic OH excluding ortho intramolecular Hbond substituents is 1. The number of hydrogen-bond acceptors (Lipinski definition) is 11. The largest absolute Gasteiger partial charge is 0.506 e. The summed E-state index contributed by atoms with van der Waals surface area (Å²) in [5.74, 6) is -1.96. The van der Waals surface area contributed by atoms with Gasteiger partial charge in [0.2, 0.25) is 0 Å². The van der Waals surface area contributed by atoms with Crippen molar-refractivity contribution in [2.45, 2.75) is 121 Å². The van der Waals surface area contributed by atoms with Crippen molar-refractivity contribution in [3.63, 3.8) is 0 Å². The first-order chi connectivity index (χ1) is 22.6. The number of hydrogen-bond donors (Lipinski definition) is 4. The minimum absolute atomic E-state index is 0.0555. The van der Waals surface area contributed by atoms with Crippen LogP contribution in [-0.4, -0.2) is 78.2 Å². The number of carbonyl (C=O) groups excluding carboxylic acids is 3. The Kier molecular flexibility index (Phi) is 7.96. The van der Waals surface area contributed by atoms with Gasteiger partial charge in [0.15, 0.2) is 22.8 Å². The first-order valence-electron chi connectivity index (χ1n) is 16.7. The van der Waals surface area contributed by atoms with Gasteiger partial charge in [0, 0.05) is 42.2 Å². The van der Waals surface area contributed by atoms with Gasteiger partial charge in [-0.05, 0) is 80.0 Å². The van der Waals surface area contributed by atoms with E-state index in [1.165, 1.54) is 13.8 Å². The predicted octanol–water partition coefficient (Wildman–Crippen LogP) is 4.42. The fraction of sp³-hybridized carbons (Fsp3) is 0.553. The van der Waals surface area contributed by atoms with Crippen molar-refractivity contribution < 1.29 is 53.8 Å². The number of benzene rings is 1. The Morgan fingerprint density at radius 1 is 1.10 bits per heavy atom. The van der Waals surface area contributed by atoms with Crippen LogP contribution < -0.4 is 9.47 Å². The van der Waals surface area contributed by atoms with E-state index in [9.17, 15) is 34.8 Å². The molecular formula is C38H46O11. The van der Waals surface area contributed by atoms with Crippen LogP contribution in [0.4, 0.5) is 0 Å². The van der Waals surface area contributed by atoms with Crippen molar-refractivity contribution in [1.29, 1.82) is 0 Å². The first-order valence-corrected chi connectivity index (χ1v) is 16.7. The van der Waals surface area contributed by atoms with Crippen molar-refractivity contribution in [3.05, 3.63) is 58.4 Å². The summed E-state index contributed by atoms with van der Waals surface area (Å²) in [6.45, 7) is 13.6. The molecule has 3 aliphatic carbocycles. The van der Waals surface area contributed by atoms with Crippen molar-refractivity contribution in [2.75, 3.05) is 0 Å². The highest BCUT2D eigenvalue weighted by Crippen LogP contribution is 2.68. The highest BCUT2D eigenvalue weighted by molar-refractivity contribution is 6.19. The number of aromatic hydroxyl groups is 1. The van der Waals surface area contributed by atoms with Gasteiger partial charge in [-0.1, -0.05) is 18.2 Å². The van der Waals surface area contributed by atoms with Gasteiger partial charge in [-0.3, -0.25) is 14.4 Å². The average Bonchev–Trinajstić information content (AvgIpc) is 3.14. The topological polar surface area (TPSA) is 169 Å². The van der Waals surface area contributed by atoms with Gasteiger partial charge in [-0.15, -0.1) is 0 Å². The number of aliphatic hydroxyl groups excluding tert-OH is 1. The van der Waals surface area contributed by atoms with E-state index in [0.717, 1.165) is 0 Å². The quantitative estimate of drug-likeness (QED) is 0.157.